The first-order chi connectivity index (χ1) is 12.5. The summed E-state index contributed by atoms with van der Waals surface area (Å²) in [5.41, 5.74) is 0.238. The van der Waals surface area contributed by atoms with Crippen molar-refractivity contribution in [2.24, 2.45) is 5.92 Å². The van der Waals surface area contributed by atoms with E-state index in [9.17, 15) is 10.1 Å². The van der Waals surface area contributed by atoms with E-state index in [1.165, 1.54) is 11.8 Å². The smallest absolute Gasteiger partial charge is 0.231 e. The lowest BCUT2D eigenvalue weighted by molar-refractivity contribution is -0.119. The second-order valence-corrected chi connectivity index (χ2v) is 7.33. The summed E-state index contributed by atoms with van der Waals surface area (Å²) in [5.74, 6) is 1.01. The topological polar surface area (TPSA) is 106 Å². The highest BCUT2D eigenvalue weighted by atomic mass is 32.2. The maximum atomic E-state index is 12.2. The molecule has 9 heteroatoms. The van der Waals surface area contributed by atoms with Crippen LogP contribution in [0.2, 0.25) is 0 Å². The Balaban J connectivity index is 1.56. The van der Waals surface area contributed by atoms with Gasteiger partial charge in [0, 0.05) is 0 Å². The lowest BCUT2D eigenvalue weighted by atomic mass is 9.98. The zero-order valence-corrected chi connectivity index (χ0v) is 15.5. The Kier molecular flexibility index (Phi) is 5.42. The number of aromatic nitrogens is 4. The minimum atomic E-state index is -0.785. The standard InChI is InChI=1S/C17H20N6O2S/c1-17(11-18,13-5-6-13)19-15(24)10-26-16-20-21-22-23(16)9-12-3-7-14(25-2)8-4-12/h3-4,7-8,13H,5-6,9-10H2,1-2H3,(H,19,24). The molecule has 1 heterocycles. The van der Waals surface area contributed by atoms with Crippen LogP contribution >= 0.6 is 11.8 Å². The Hall–Kier alpha value is -2.60. The highest BCUT2D eigenvalue weighted by molar-refractivity contribution is 7.99. The minimum absolute atomic E-state index is 0.160. The number of hydrogen-bond acceptors (Lipinski definition) is 7. The Morgan fingerprint density at radius 2 is 2.19 bits per heavy atom. The fourth-order valence-electron chi connectivity index (χ4n) is 2.64. The van der Waals surface area contributed by atoms with Gasteiger partial charge in [-0.15, -0.1) is 5.10 Å². The molecular weight excluding hydrogens is 352 g/mol. The number of rotatable bonds is 8. The quantitative estimate of drug-likeness (QED) is 0.702. The average Bonchev–Trinajstić information content (AvgIpc) is 3.42. The van der Waals surface area contributed by atoms with E-state index in [2.05, 4.69) is 26.9 Å². The van der Waals surface area contributed by atoms with Gasteiger partial charge in [-0.2, -0.15) is 5.26 Å². The molecule has 1 aromatic heterocycles. The fourth-order valence-corrected chi connectivity index (χ4v) is 3.32. The number of ether oxygens (including phenoxy) is 1. The third kappa shape index (κ3) is 4.32. The third-order valence-corrected chi connectivity index (χ3v) is 5.31. The molecule has 1 unspecified atom stereocenters. The van der Waals surface area contributed by atoms with Gasteiger partial charge in [-0.25, -0.2) is 4.68 Å². The molecule has 136 valence electrons. The second-order valence-electron chi connectivity index (χ2n) is 6.39. The number of amides is 1. The average molecular weight is 372 g/mol. The molecule has 0 radical (unpaired) electrons. The molecule has 1 fully saturated rings. The molecule has 1 saturated carbocycles. The summed E-state index contributed by atoms with van der Waals surface area (Å²) in [5, 5.41) is 24.4. The van der Waals surface area contributed by atoms with Crippen molar-refractivity contribution >= 4 is 17.7 Å². The normalized spacial score (nSPS) is 15.7. The maximum Gasteiger partial charge on any atom is 0.231 e. The zero-order chi connectivity index (χ0) is 18.6. The van der Waals surface area contributed by atoms with E-state index in [0.29, 0.717) is 11.7 Å². The zero-order valence-electron chi connectivity index (χ0n) is 14.7. The molecule has 1 aliphatic rings. The predicted octanol–water partition coefficient (Wildman–Crippen LogP) is 1.63. The Labute approximate surface area is 155 Å². The number of nitrogens with one attached hydrogen (secondary N) is 1. The Bertz CT molecular complexity index is 811. The van der Waals surface area contributed by atoms with E-state index < -0.39 is 5.54 Å². The summed E-state index contributed by atoms with van der Waals surface area (Å²) in [6, 6.07) is 9.85. The van der Waals surface area contributed by atoms with Crippen molar-refractivity contribution in [2.75, 3.05) is 12.9 Å². The van der Waals surface area contributed by atoms with Gasteiger partial charge in [0.1, 0.15) is 11.3 Å². The lowest BCUT2D eigenvalue weighted by Gasteiger charge is -2.22. The first-order valence-corrected chi connectivity index (χ1v) is 9.27. The number of methoxy groups -OCH3 is 1. The maximum absolute atomic E-state index is 12.2. The van der Waals surface area contributed by atoms with Crippen LogP contribution in [0.3, 0.4) is 0 Å². The highest BCUT2D eigenvalue weighted by Crippen LogP contribution is 2.39. The lowest BCUT2D eigenvalue weighted by Crippen LogP contribution is -2.47. The number of carbonyl (C=O) groups is 1. The molecule has 2 aromatic rings. The van der Waals surface area contributed by atoms with Gasteiger partial charge >= 0.3 is 0 Å². The fraction of sp³-hybridized carbons (Fsp3) is 0.471. The van der Waals surface area contributed by atoms with Crippen molar-refractivity contribution in [3.05, 3.63) is 29.8 Å². The summed E-state index contributed by atoms with van der Waals surface area (Å²) in [6.07, 6.45) is 1.97. The molecule has 8 nitrogen and oxygen atoms in total. The largest absolute Gasteiger partial charge is 0.497 e. The van der Waals surface area contributed by atoms with Crippen LogP contribution in [0.4, 0.5) is 0 Å². The molecule has 26 heavy (non-hydrogen) atoms. The molecule has 1 aliphatic carbocycles. The molecule has 0 saturated heterocycles. The van der Waals surface area contributed by atoms with Crippen molar-refractivity contribution in [1.29, 1.82) is 5.26 Å². The molecule has 1 atom stereocenters. The predicted molar refractivity (Wildman–Crippen MR) is 95.5 cm³/mol. The molecule has 1 N–H and O–H groups in total. The molecule has 1 aromatic carbocycles. The van der Waals surface area contributed by atoms with Gasteiger partial charge in [0.2, 0.25) is 11.1 Å². The van der Waals surface area contributed by atoms with Crippen LogP contribution in [-0.2, 0) is 11.3 Å². The number of tetrazole rings is 1. The van der Waals surface area contributed by atoms with Crippen molar-refractivity contribution in [3.63, 3.8) is 0 Å². The summed E-state index contributed by atoms with van der Waals surface area (Å²) >= 11 is 1.25. The number of benzene rings is 1. The monoisotopic (exact) mass is 372 g/mol. The number of carbonyl (C=O) groups excluding carboxylic acids is 1. The molecule has 0 aliphatic heterocycles. The van der Waals surface area contributed by atoms with E-state index in [1.807, 2.05) is 24.3 Å². The SMILES string of the molecule is COc1ccc(Cn2nnnc2SCC(=O)NC(C)(C#N)C2CC2)cc1. The van der Waals surface area contributed by atoms with Crippen LogP contribution in [0.15, 0.2) is 29.4 Å². The number of hydrogen-bond donors (Lipinski definition) is 1. The number of nitrogens with zero attached hydrogens (tertiary/aromatic N) is 5. The van der Waals surface area contributed by atoms with Gasteiger partial charge in [0.25, 0.3) is 0 Å². The summed E-state index contributed by atoms with van der Waals surface area (Å²) in [7, 11) is 1.62. The van der Waals surface area contributed by atoms with Crippen LogP contribution < -0.4 is 10.1 Å². The van der Waals surface area contributed by atoms with Gasteiger partial charge in [-0.1, -0.05) is 23.9 Å². The summed E-state index contributed by atoms with van der Waals surface area (Å²) in [4.78, 5) is 12.2. The van der Waals surface area contributed by atoms with Crippen LogP contribution in [0.1, 0.15) is 25.3 Å². The Morgan fingerprint density at radius 3 is 2.81 bits per heavy atom. The molecule has 1 amide bonds. The van der Waals surface area contributed by atoms with Crippen LogP contribution in [0.5, 0.6) is 5.75 Å². The molecule has 0 spiro atoms. The van der Waals surface area contributed by atoms with Crippen molar-refractivity contribution in [3.8, 4) is 11.8 Å². The first-order valence-electron chi connectivity index (χ1n) is 8.28. The van der Waals surface area contributed by atoms with Crippen LogP contribution in [0, 0.1) is 17.2 Å². The first kappa shape index (κ1) is 18.2. The second kappa shape index (κ2) is 7.74. The third-order valence-electron chi connectivity index (χ3n) is 4.35. The molecule has 3 rings (SSSR count). The summed E-state index contributed by atoms with van der Waals surface area (Å²) < 4.78 is 6.79. The highest BCUT2D eigenvalue weighted by Gasteiger charge is 2.42. The van der Waals surface area contributed by atoms with Crippen molar-refractivity contribution in [2.45, 2.75) is 37.0 Å². The van der Waals surface area contributed by atoms with E-state index >= 15 is 0 Å². The minimum Gasteiger partial charge on any atom is -0.497 e. The van der Waals surface area contributed by atoms with Crippen LogP contribution in [-0.4, -0.2) is 44.5 Å². The van der Waals surface area contributed by atoms with E-state index in [1.54, 1.807) is 18.7 Å². The van der Waals surface area contributed by atoms with E-state index in [4.69, 9.17) is 4.74 Å². The summed E-state index contributed by atoms with van der Waals surface area (Å²) in [6.45, 7) is 2.28. The van der Waals surface area contributed by atoms with Gasteiger partial charge < -0.3 is 10.1 Å². The van der Waals surface area contributed by atoms with E-state index in [-0.39, 0.29) is 17.6 Å². The van der Waals surface area contributed by atoms with Crippen molar-refractivity contribution < 1.29 is 9.53 Å². The van der Waals surface area contributed by atoms with E-state index in [0.717, 1.165) is 24.2 Å². The molecular formula is C17H20N6O2S. The van der Waals surface area contributed by atoms with Gasteiger partial charge in [0.05, 0.1) is 25.5 Å². The Morgan fingerprint density at radius 1 is 1.46 bits per heavy atom. The van der Waals surface area contributed by atoms with Crippen molar-refractivity contribution in [1.82, 2.24) is 25.5 Å². The van der Waals surface area contributed by atoms with Gasteiger partial charge in [0.15, 0.2) is 0 Å². The number of nitriles is 1. The molecule has 0 bridgehead atoms. The number of thioether (sulfide) groups is 1. The van der Waals surface area contributed by atoms with Crippen LogP contribution in [0.25, 0.3) is 0 Å². The van der Waals surface area contributed by atoms with Gasteiger partial charge in [-0.05, 0) is 53.8 Å². The van der Waals surface area contributed by atoms with Gasteiger partial charge in [-0.3, -0.25) is 4.79 Å².